The number of rotatable bonds is 4. The van der Waals surface area contributed by atoms with Gasteiger partial charge in [0.25, 0.3) is 5.69 Å². The predicted molar refractivity (Wildman–Crippen MR) is 89.3 cm³/mol. The summed E-state index contributed by atoms with van der Waals surface area (Å²) in [6, 6.07) is 12.8. The van der Waals surface area contributed by atoms with Crippen molar-refractivity contribution in [3.63, 3.8) is 0 Å². The monoisotopic (exact) mass is 340 g/mol. The van der Waals surface area contributed by atoms with Crippen LogP contribution in [0.3, 0.4) is 0 Å². The average Bonchev–Trinajstić information content (AvgIpc) is 2.98. The molecular formula is C16H9ClN4O3. The van der Waals surface area contributed by atoms with Gasteiger partial charge in [-0.1, -0.05) is 11.6 Å². The van der Waals surface area contributed by atoms with E-state index in [1.165, 1.54) is 30.5 Å². The Bertz CT molecular complexity index is 987. The maximum atomic E-state index is 10.6. The molecule has 0 aliphatic rings. The van der Waals surface area contributed by atoms with Crippen molar-refractivity contribution in [1.29, 1.82) is 5.26 Å². The quantitative estimate of drug-likeness (QED) is 0.429. The predicted octanol–water partition coefficient (Wildman–Crippen LogP) is 4.37. The van der Waals surface area contributed by atoms with Crippen LogP contribution in [0.25, 0.3) is 16.7 Å². The van der Waals surface area contributed by atoms with Gasteiger partial charge in [-0.15, -0.1) is 0 Å². The first-order valence-electron chi connectivity index (χ1n) is 6.74. The van der Waals surface area contributed by atoms with Gasteiger partial charge in [0.1, 0.15) is 17.2 Å². The first kappa shape index (κ1) is 15.5. The van der Waals surface area contributed by atoms with E-state index in [1.807, 2.05) is 6.07 Å². The van der Waals surface area contributed by atoms with Crippen LogP contribution in [0.1, 0.15) is 5.89 Å². The number of nitro benzene ring substituents is 1. The molecule has 0 bridgehead atoms. The second-order valence-corrected chi connectivity index (χ2v) is 5.19. The van der Waals surface area contributed by atoms with Gasteiger partial charge < -0.3 is 9.73 Å². The zero-order valence-electron chi connectivity index (χ0n) is 12.1. The van der Waals surface area contributed by atoms with Gasteiger partial charge in [-0.25, -0.2) is 4.98 Å². The Hall–Kier alpha value is -3.37. The number of halogens is 1. The van der Waals surface area contributed by atoms with Crippen LogP contribution in [-0.4, -0.2) is 9.91 Å². The molecule has 3 aromatic rings. The lowest BCUT2D eigenvalue weighted by atomic mass is 10.2. The number of benzene rings is 2. The highest BCUT2D eigenvalue weighted by Crippen LogP contribution is 2.24. The largest absolute Gasteiger partial charge is 0.435 e. The topological polar surface area (TPSA) is 105 Å². The number of aromatic nitrogens is 1. The fourth-order valence-electron chi connectivity index (χ4n) is 1.99. The van der Waals surface area contributed by atoms with E-state index in [-0.39, 0.29) is 17.2 Å². The Labute approximate surface area is 140 Å². The molecule has 1 N–H and O–H groups in total. The second-order valence-electron chi connectivity index (χ2n) is 4.75. The number of nitro groups is 1. The molecule has 1 aromatic heterocycles. The van der Waals surface area contributed by atoms with Gasteiger partial charge in [0.05, 0.1) is 4.92 Å². The van der Waals surface area contributed by atoms with E-state index < -0.39 is 4.92 Å². The van der Waals surface area contributed by atoms with Crippen LogP contribution in [0.15, 0.2) is 53.1 Å². The highest BCUT2D eigenvalue weighted by atomic mass is 35.5. The SMILES string of the molecule is N#CC(=CNc1ccc([N+](=O)[O-])cc1)c1nc2cc(Cl)ccc2o1. The van der Waals surface area contributed by atoms with Crippen LogP contribution in [0.2, 0.25) is 5.02 Å². The Morgan fingerprint density at radius 3 is 2.75 bits per heavy atom. The minimum atomic E-state index is -0.482. The molecule has 0 unspecified atom stereocenters. The van der Waals surface area contributed by atoms with Gasteiger partial charge in [0.2, 0.25) is 5.89 Å². The van der Waals surface area contributed by atoms with Crippen LogP contribution in [0.4, 0.5) is 11.4 Å². The van der Waals surface area contributed by atoms with Gasteiger partial charge in [-0.05, 0) is 30.3 Å². The standard InChI is InChI=1S/C16H9ClN4O3/c17-11-1-6-15-14(7-11)20-16(24-15)10(8-18)9-19-12-2-4-13(5-3-12)21(22)23/h1-7,9,19H. The van der Waals surface area contributed by atoms with Crippen molar-refractivity contribution in [2.75, 3.05) is 5.32 Å². The Kier molecular flexibility index (Phi) is 4.14. The number of hydrogen-bond donors (Lipinski definition) is 1. The number of nitrogens with one attached hydrogen (secondary N) is 1. The lowest BCUT2D eigenvalue weighted by Gasteiger charge is -2.00. The minimum absolute atomic E-state index is 0.0131. The van der Waals surface area contributed by atoms with E-state index >= 15 is 0 Å². The van der Waals surface area contributed by atoms with Crippen molar-refractivity contribution in [3.8, 4) is 6.07 Å². The summed E-state index contributed by atoms with van der Waals surface area (Å²) in [5.41, 5.74) is 1.83. The highest BCUT2D eigenvalue weighted by Gasteiger charge is 2.11. The molecule has 0 spiro atoms. The highest BCUT2D eigenvalue weighted by molar-refractivity contribution is 6.31. The molecule has 0 atom stereocenters. The lowest BCUT2D eigenvalue weighted by molar-refractivity contribution is -0.384. The van der Waals surface area contributed by atoms with E-state index in [0.717, 1.165) is 0 Å². The molecule has 0 saturated carbocycles. The van der Waals surface area contributed by atoms with Gasteiger partial charge >= 0.3 is 0 Å². The molecule has 7 nitrogen and oxygen atoms in total. The molecule has 24 heavy (non-hydrogen) atoms. The van der Waals surface area contributed by atoms with Gasteiger partial charge in [0.15, 0.2) is 5.58 Å². The molecule has 0 saturated heterocycles. The molecule has 3 rings (SSSR count). The summed E-state index contributed by atoms with van der Waals surface area (Å²) >= 11 is 5.90. The fraction of sp³-hybridized carbons (Fsp3) is 0. The fourth-order valence-corrected chi connectivity index (χ4v) is 2.16. The van der Waals surface area contributed by atoms with E-state index in [0.29, 0.717) is 21.8 Å². The summed E-state index contributed by atoms with van der Waals surface area (Å²) in [7, 11) is 0. The number of anilines is 1. The second kappa shape index (κ2) is 6.40. The molecule has 118 valence electrons. The summed E-state index contributed by atoms with van der Waals surface area (Å²) < 4.78 is 5.53. The molecule has 0 aliphatic carbocycles. The third kappa shape index (κ3) is 3.19. The number of non-ortho nitro benzene ring substituents is 1. The van der Waals surface area contributed by atoms with E-state index in [9.17, 15) is 15.4 Å². The van der Waals surface area contributed by atoms with Crippen LogP contribution < -0.4 is 5.32 Å². The van der Waals surface area contributed by atoms with Gasteiger partial charge in [0, 0.05) is 29.0 Å². The maximum Gasteiger partial charge on any atom is 0.269 e. The normalized spacial score (nSPS) is 11.2. The zero-order valence-corrected chi connectivity index (χ0v) is 12.8. The van der Waals surface area contributed by atoms with Crippen LogP contribution in [0, 0.1) is 21.4 Å². The molecule has 1 heterocycles. The smallest absolute Gasteiger partial charge is 0.269 e. The van der Waals surface area contributed by atoms with Crippen LogP contribution in [0.5, 0.6) is 0 Å². The minimum Gasteiger partial charge on any atom is -0.435 e. The van der Waals surface area contributed by atoms with Crippen LogP contribution in [-0.2, 0) is 0 Å². The maximum absolute atomic E-state index is 10.6. The first-order valence-corrected chi connectivity index (χ1v) is 7.12. The summed E-state index contributed by atoms with van der Waals surface area (Å²) in [5, 5.41) is 23.3. The number of fused-ring (bicyclic) bond motifs is 1. The molecule has 0 aliphatic heterocycles. The van der Waals surface area contributed by atoms with Crippen molar-refractivity contribution in [1.82, 2.24) is 4.98 Å². The number of nitrogens with zero attached hydrogens (tertiary/aromatic N) is 3. The Balaban J connectivity index is 1.85. The molecular weight excluding hydrogens is 332 g/mol. The third-order valence-electron chi connectivity index (χ3n) is 3.16. The van der Waals surface area contributed by atoms with Crippen molar-refractivity contribution >= 4 is 39.6 Å². The van der Waals surface area contributed by atoms with E-state index in [2.05, 4.69) is 10.3 Å². The molecule has 2 aromatic carbocycles. The summed E-state index contributed by atoms with van der Waals surface area (Å²) in [5.74, 6) is 0.157. The van der Waals surface area contributed by atoms with Crippen molar-refractivity contribution < 1.29 is 9.34 Å². The van der Waals surface area contributed by atoms with Gasteiger partial charge in [-0.2, -0.15) is 5.26 Å². The summed E-state index contributed by atoms with van der Waals surface area (Å²) in [6.45, 7) is 0. The summed E-state index contributed by atoms with van der Waals surface area (Å²) in [6.07, 6.45) is 1.42. The third-order valence-corrected chi connectivity index (χ3v) is 3.40. The molecule has 0 radical (unpaired) electrons. The first-order chi connectivity index (χ1) is 11.6. The molecule has 0 amide bonds. The van der Waals surface area contributed by atoms with E-state index in [4.69, 9.17) is 16.0 Å². The summed E-state index contributed by atoms with van der Waals surface area (Å²) in [4.78, 5) is 14.4. The lowest BCUT2D eigenvalue weighted by Crippen LogP contribution is -1.92. The number of nitriles is 1. The number of allylic oxidation sites excluding steroid dienone is 1. The molecule has 8 heteroatoms. The Morgan fingerprint density at radius 2 is 2.08 bits per heavy atom. The van der Waals surface area contributed by atoms with E-state index in [1.54, 1.807) is 18.2 Å². The Morgan fingerprint density at radius 1 is 1.33 bits per heavy atom. The van der Waals surface area contributed by atoms with Crippen molar-refractivity contribution in [2.24, 2.45) is 0 Å². The van der Waals surface area contributed by atoms with Crippen molar-refractivity contribution in [3.05, 3.63) is 69.7 Å². The number of oxazole rings is 1. The zero-order chi connectivity index (χ0) is 17.1. The van der Waals surface area contributed by atoms with Gasteiger partial charge in [-0.3, -0.25) is 10.1 Å². The molecule has 0 fully saturated rings. The van der Waals surface area contributed by atoms with Crippen LogP contribution >= 0.6 is 11.6 Å². The number of hydrogen-bond acceptors (Lipinski definition) is 6. The van der Waals surface area contributed by atoms with Crippen molar-refractivity contribution in [2.45, 2.75) is 0 Å². The average molecular weight is 341 g/mol.